The Bertz CT molecular complexity index is 2680. The van der Waals surface area contributed by atoms with Crippen molar-refractivity contribution in [2.24, 2.45) is 11.1 Å². The standard InChI is InChI=1S/C65H103F2N9O21/c1-65(2,3)61(56-41-50(52-42-51(66)11-12-53(52)67)47-75(56)46-49-9-7-6-8-10-49)76(60(81)48-77)16-13-54(62(82)70-15-14-69-4)74-63(83)55(43-57(68)78)73-59(80)45-71-58(79)44-72-64(84)97-40-39-96-38-37-95-36-35-94-34-33-93-32-31-92-30-29-91-28-27-90-26-25-89-24-23-88-22-21-87-20-19-86-18-17-85-5/h6-12,41-42,47,54-55,61,69,77H,13-40,43-46,48H2,1-5H3,(H2,68,78)(H,70,82)(H,71,79)(H,72,84)(H,73,80)(H,74,83)/t54-,55-,61-/m0/s1. The lowest BCUT2D eigenvalue weighted by atomic mass is 9.82. The largest absolute Gasteiger partial charge is 0.447 e. The number of halogens is 2. The summed E-state index contributed by atoms with van der Waals surface area (Å²) in [5, 5.41) is 25.4. The number of nitrogens with two attached hydrogens (primary N) is 1. The Hall–Kier alpha value is -6.89. The maximum Gasteiger partial charge on any atom is 0.407 e. The summed E-state index contributed by atoms with van der Waals surface area (Å²) >= 11 is 0. The van der Waals surface area contributed by atoms with Crippen LogP contribution < -0.4 is 37.6 Å². The van der Waals surface area contributed by atoms with E-state index in [0.717, 1.165) is 23.8 Å². The smallest absolute Gasteiger partial charge is 0.407 e. The van der Waals surface area contributed by atoms with E-state index in [2.05, 4.69) is 31.9 Å². The first-order valence-electron chi connectivity index (χ1n) is 32.3. The zero-order chi connectivity index (χ0) is 70.7. The van der Waals surface area contributed by atoms with Crippen LogP contribution in [0.4, 0.5) is 13.6 Å². The molecule has 0 unspecified atom stereocenters. The van der Waals surface area contributed by atoms with Crippen LogP contribution in [0.1, 0.15) is 50.9 Å². The quantitative estimate of drug-likeness (QED) is 0.0359. The minimum absolute atomic E-state index is 0.0286. The molecule has 30 nitrogen and oxygen atoms in total. The zero-order valence-corrected chi connectivity index (χ0v) is 56.7. The molecule has 9 N–H and O–H groups in total. The second-order valence-electron chi connectivity index (χ2n) is 22.4. The number of hydrogen-bond donors (Lipinski definition) is 8. The second-order valence-corrected chi connectivity index (χ2v) is 22.4. The van der Waals surface area contributed by atoms with Gasteiger partial charge >= 0.3 is 6.09 Å². The summed E-state index contributed by atoms with van der Waals surface area (Å²) in [7, 11) is 3.28. The van der Waals surface area contributed by atoms with Gasteiger partial charge in [-0.05, 0) is 48.7 Å². The number of aliphatic hydroxyl groups is 1. The molecule has 548 valence electrons. The fraction of sp³-hybridized carbons (Fsp3) is 0.646. The summed E-state index contributed by atoms with van der Waals surface area (Å²) in [6.07, 6.45) is -0.315. The topological polar surface area (TPSA) is 366 Å². The number of nitrogens with one attached hydrogen (secondary N) is 6. The summed E-state index contributed by atoms with van der Waals surface area (Å²) in [5.41, 5.74) is 6.25. The van der Waals surface area contributed by atoms with Gasteiger partial charge in [-0.15, -0.1) is 0 Å². The molecule has 3 atom stereocenters. The van der Waals surface area contributed by atoms with Gasteiger partial charge < -0.3 is 114 Å². The van der Waals surface area contributed by atoms with E-state index in [9.17, 15) is 43.1 Å². The number of aromatic nitrogens is 1. The van der Waals surface area contributed by atoms with E-state index in [1.54, 1.807) is 31.0 Å². The molecule has 1 heterocycles. The number of likely N-dealkylation sites (N-methyl/N-ethyl adjacent to an activating group) is 1. The third kappa shape index (κ3) is 38.7. The van der Waals surface area contributed by atoms with Crippen molar-refractivity contribution in [2.45, 2.75) is 58.3 Å². The summed E-state index contributed by atoms with van der Waals surface area (Å²) in [4.78, 5) is 93.3. The third-order valence-corrected chi connectivity index (χ3v) is 13.7. The maximum atomic E-state index is 15.3. The van der Waals surface area contributed by atoms with Crippen molar-refractivity contribution in [3.8, 4) is 11.1 Å². The highest BCUT2D eigenvalue weighted by atomic mass is 19.1. The molecule has 0 radical (unpaired) electrons. The lowest BCUT2D eigenvalue weighted by molar-refractivity contribution is -0.140. The third-order valence-electron chi connectivity index (χ3n) is 13.7. The summed E-state index contributed by atoms with van der Waals surface area (Å²) in [6.45, 7) is 13.0. The van der Waals surface area contributed by atoms with Crippen LogP contribution in [-0.4, -0.2) is 280 Å². The molecule has 1 aromatic heterocycles. The van der Waals surface area contributed by atoms with Crippen molar-refractivity contribution < 1.29 is 109 Å². The maximum absolute atomic E-state index is 15.3. The van der Waals surface area contributed by atoms with Gasteiger partial charge in [-0.2, -0.15) is 0 Å². The van der Waals surface area contributed by atoms with Crippen LogP contribution >= 0.6 is 0 Å². The van der Waals surface area contributed by atoms with Gasteiger partial charge in [0, 0.05) is 56.3 Å². The summed E-state index contributed by atoms with van der Waals surface area (Å²) < 4.78 is 102. The van der Waals surface area contributed by atoms with E-state index >= 15 is 4.39 Å². The summed E-state index contributed by atoms with van der Waals surface area (Å²) in [5.74, 6) is -6.61. The number of benzene rings is 2. The average molecular weight is 1380 g/mol. The average Bonchev–Trinajstić information content (AvgIpc) is 1.66. The highest BCUT2D eigenvalue weighted by molar-refractivity contribution is 5.95. The minimum Gasteiger partial charge on any atom is -0.447 e. The van der Waals surface area contributed by atoms with Crippen LogP contribution in [0.15, 0.2) is 60.8 Å². The van der Waals surface area contributed by atoms with Crippen LogP contribution in [0, 0.1) is 17.0 Å². The molecule has 32 heteroatoms. The van der Waals surface area contributed by atoms with Crippen LogP contribution in [0.2, 0.25) is 0 Å². The number of nitrogens with zero attached hydrogens (tertiary/aromatic N) is 2. The SMILES string of the molecule is CNCCNC(=O)[C@H](CCN(C(=O)CO)[C@@H](c1cc(-c2cc(F)ccc2F)cn1Cc1ccccc1)C(C)(C)C)NC(=O)[C@H](CC(N)=O)NC(=O)CNC(=O)CNC(=O)OCCOCCOCCOCCOCCOCCOCCOCCOCCOCCOCCOCCOC. The highest BCUT2D eigenvalue weighted by Crippen LogP contribution is 2.41. The predicted molar refractivity (Wildman–Crippen MR) is 349 cm³/mol. The molecule has 0 aliphatic carbocycles. The number of carbonyl (C=O) groups is 7. The Morgan fingerprint density at radius 3 is 1.53 bits per heavy atom. The van der Waals surface area contributed by atoms with Crippen LogP contribution in [0.5, 0.6) is 0 Å². The van der Waals surface area contributed by atoms with Gasteiger partial charge in [0.2, 0.25) is 35.4 Å². The van der Waals surface area contributed by atoms with E-state index in [-0.39, 0.29) is 58.0 Å². The van der Waals surface area contributed by atoms with Gasteiger partial charge in [0.1, 0.15) is 43.5 Å². The van der Waals surface area contributed by atoms with E-state index < -0.39 is 103 Å². The second kappa shape index (κ2) is 52.2. The Morgan fingerprint density at radius 1 is 0.577 bits per heavy atom. The first-order chi connectivity index (χ1) is 46.9. The molecule has 7 amide bonds. The lowest BCUT2D eigenvalue weighted by Crippen LogP contribution is -2.56. The van der Waals surface area contributed by atoms with Crippen LogP contribution in [0.25, 0.3) is 11.1 Å². The van der Waals surface area contributed by atoms with Crippen molar-refractivity contribution >= 4 is 41.5 Å². The van der Waals surface area contributed by atoms with E-state index in [4.69, 9.17) is 67.3 Å². The molecular formula is C65H103F2N9O21. The molecule has 0 aliphatic heterocycles. The number of ether oxygens (including phenoxy) is 13. The zero-order valence-electron chi connectivity index (χ0n) is 56.7. The molecular weight excluding hydrogens is 1280 g/mol. The number of primary amides is 1. The van der Waals surface area contributed by atoms with Crippen LogP contribution in [-0.2, 0) is 96.9 Å². The fourth-order valence-corrected chi connectivity index (χ4v) is 9.08. The van der Waals surface area contributed by atoms with Gasteiger partial charge in [0.05, 0.1) is 171 Å². The van der Waals surface area contributed by atoms with Crippen LogP contribution in [0.3, 0.4) is 0 Å². The monoisotopic (exact) mass is 1380 g/mol. The molecule has 0 spiro atoms. The molecule has 0 saturated heterocycles. The normalized spacial score (nSPS) is 12.4. The molecule has 0 bridgehead atoms. The molecule has 3 rings (SSSR count). The van der Waals surface area contributed by atoms with Gasteiger partial charge in [0.25, 0.3) is 0 Å². The molecule has 2 aromatic carbocycles. The summed E-state index contributed by atoms with van der Waals surface area (Å²) in [6, 6.07) is 10.0. The highest BCUT2D eigenvalue weighted by Gasteiger charge is 2.38. The molecule has 97 heavy (non-hydrogen) atoms. The Labute approximate surface area is 566 Å². The Kier molecular flexibility index (Phi) is 45.4. The lowest BCUT2D eigenvalue weighted by Gasteiger charge is -2.41. The van der Waals surface area contributed by atoms with Crippen molar-refractivity contribution in [1.29, 1.82) is 0 Å². The Morgan fingerprint density at radius 2 is 1.06 bits per heavy atom. The van der Waals surface area contributed by atoms with Crippen molar-refractivity contribution in [1.82, 2.24) is 41.4 Å². The fourth-order valence-electron chi connectivity index (χ4n) is 9.08. The van der Waals surface area contributed by atoms with Crippen molar-refractivity contribution in [3.05, 3.63) is 83.7 Å². The minimum atomic E-state index is -1.66. The molecule has 0 aliphatic rings. The molecule has 3 aromatic rings. The van der Waals surface area contributed by atoms with Gasteiger partial charge in [-0.25, -0.2) is 13.6 Å². The Balaban J connectivity index is 1.31. The molecule has 0 saturated carbocycles. The number of amides is 7. The first kappa shape index (κ1) is 84.3. The number of alkyl carbamates (subject to hydrolysis) is 1. The van der Waals surface area contributed by atoms with Crippen molar-refractivity contribution in [2.75, 3.05) is 212 Å². The van der Waals surface area contributed by atoms with E-state index in [1.807, 2.05) is 51.1 Å². The van der Waals surface area contributed by atoms with Crippen molar-refractivity contribution in [3.63, 3.8) is 0 Å². The first-order valence-corrected chi connectivity index (χ1v) is 32.3. The van der Waals surface area contributed by atoms with Gasteiger partial charge in [-0.3, -0.25) is 28.8 Å². The predicted octanol–water partition coefficient (Wildman–Crippen LogP) is 0.632. The number of hydrogen-bond acceptors (Lipinski definition) is 22. The number of aliphatic hydroxyl groups excluding tert-OH is 1. The molecule has 0 fully saturated rings. The van der Waals surface area contributed by atoms with E-state index in [1.165, 1.54) is 4.90 Å². The van der Waals surface area contributed by atoms with E-state index in [0.29, 0.717) is 150 Å². The number of rotatable bonds is 58. The van der Waals surface area contributed by atoms with Gasteiger partial charge in [-0.1, -0.05) is 51.1 Å². The number of carbonyl (C=O) groups excluding carboxylic acids is 7. The van der Waals surface area contributed by atoms with Gasteiger partial charge in [0.15, 0.2) is 0 Å². The number of methoxy groups -OCH3 is 1.